The molecule has 1 rings (SSSR count). The Bertz CT molecular complexity index is 179. The Labute approximate surface area is 67.2 Å². The molecule has 1 aromatic rings. The van der Waals surface area contributed by atoms with Crippen molar-refractivity contribution < 1.29 is 9.15 Å². The highest BCUT2D eigenvalue weighted by Crippen LogP contribution is 2.05. The molecule has 62 valence electrons. The summed E-state index contributed by atoms with van der Waals surface area (Å²) in [6.45, 7) is 4.75. The maximum absolute atomic E-state index is 5.44. The van der Waals surface area contributed by atoms with Gasteiger partial charge in [-0.05, 0) is 25.5 Å². The number of rotatable bonds is 4. The van der Waals surface area contributed by atoms with Gasteiger partial charge in [-0.15, -0.1) is 0 Å². The summed E-state index contributed by atoms with van der Waals surface area (Å²) in [6.07, 6.45) is 3.02. The van der Waals surface area contributed by atoms with E-state index >= 15 is 0 Å². The number of hydrogen-bond donors (Lipinski definition) is 0. The van der Waals surface area contributed by atoms with E-state index in [1.54, 1.807) is 6.26 Å². The Kier molecular flexibility index (Phi) is 3.17. The topological polar surface area (TPSA) is 22.4 Å². The molecule has 0 N–H and O–H groups in total. The summed E-state index contributed by atoms with van der Waals surface area (Å²) < 4.78 is 10.5. The lowest BCUT2D eigenvalue weighted by Crippen LogP contribution is -2.05. The summed E-state index contributed by atoms with van der Waals surface area (Å²) >= 11 is 0. The molecule has 11 heavy (non-hydrogen) atoms. The summed E-state index contributed by atoms with van der Waals surface area (Å²) in [4.78, 5) is 0. The van der Waals surface area contributed by atoms with Gasteiger partial charge in [-0.25, -0.2) is 0 Å². The zero-order chi connectivity index (χ0) is 8.10. The van der Waals surface area contributed by atoms with E-state index in [-0.39, 0.29) is 0 Å². The highest BCUT2D eigenvalue weighted by Gasteiger charge is 1.99. The number of ether oxygens (including phenoxy) is 1. The van der Waals surface area contributed by atoms with Gasteiger partial charge in [-0.3, -0.25) is 0 Å². The molecule has 0 aliphatic heterocycles. The third-order valence-corrected chi connectivity index (χ3v) is 1.67. The van der Waals surface area contributed by atoms with Gasteiger partial charge in [-0.2, -0.15) is 0 Å². The molecule has 0 fully saturated rings. The van der Waals surface area contributed by atoms with Crippen molar-refractivity contribution in [3.05, 3.63) is 24.2 Å². The second-order valence-electron chi connectivity index (χ2n) is 2.61. The standard InChI is InChI=1S/C9H14O2/c1-3-8(2)11-7-9-5-4-6-10-9/h4-6,8H,3,7H2,1-2H3. The molecule has 2 nitrogen and oxygen atoms in total. The molecular formula is C9H14O2. The molecule has 0 amide bonds. The molecule has 0 aromatic carbocycles. The third kappa shape index (κ3) is 2.76. The molecule has 0 saturated carbocycles. The van der Waals surface area contributed by atoms with Crippen LogP contribution in [0.2, 0.25) is 0 Å². The van der Waals surface area contributed by atoms with Crippen LogP contribution >= 0.6 is 0 Å². The van der Waals surface area contributed by atoms with Gasteiger partial charge in [-0.1, -0.05) is 6.92 Å². The molecule has 0 bridgehead atoms. The maximum Gasteiger partial charge on any atom is 0.129 e. The van der Waals surface area contributed by atoms with E-state index in [0.717, 1.165) is 12.2 Å². The van der Waals surface area contributed by atoms with Crippen molar-refractivity contribution in [1.29, 1.82) is 0 Å². The average Bonchev–Trinajstić information content (AvgIpc) is 2.52. The van der Waals surface area contributed by atoms with Crippen LogP contribution in [0.1, 0.15) is 26.0 Å². The molecule has 0 radical (unpaired) electrons. The Morgan fingerprint density at radius 2 is 2.45 bits per heavy atom. The van der Waals surface area contributed by atoms with Crippen molar-refractivity contribution in [3.8, 4) is 0 Å². The SMILES string of the molecule is CCC(C)OCc1ccco1. The Balaban J connectivity index is 2.23. The Morgan fingerprint density at radius 3 is 3.00 bits per heavy atom. The summed E-state index contributed by atoms with van der Waals surface area (Å²) in [5.74, 6) is 0.894. The van der Waals surface area contributed by atoms with E-state index < -0.39 is 0 Å². The molecule has 0 aliphatic carbocycles. The van der Waals surface area contributed by atoms with Crippen molar-refractivity contribution in [2.75, 3.05) is 0 Å². The van der Waals surface area contributed by atoms with Crippen molar-refractivity contribution in [2.24, 2.45) is 0 Å². The summed E-state index contributed by atoms with van der Waals surface area (Å²) in [6, 6.07) is 3.79. The molecule has 0 saturated heterocycles. The van der Waals surface area contributed by atoms with Crippen LogP contribution in [0.15, 0.2) is 22.8 Å². The third-order valence-electron chi connectivity index (χ3n) is 1.67. The molecule has 1 heterocycles. The van der Waals surface area contributed by atoms with Crippen LogP contribution in [0.25, 0.3) is 0 Å². The van der Waals surface area contributed by atoms with E-state index in [1.165, 1.54) is 0 Å². The van der Waals surface area contributed by atoms with Crippen molar-refractivity contribution in [3.63, 3.8) is 0 Å². The lowest BCUT2D eigenvalue weighted by molar-refractivity contribution is 0.0406. The second kappa shape index (κ2) is 4.19. The van der Waals surface area contributed by atoms with Crippen molar-refractivity contribution in [2.45, 2.75) is 33.0 Å². The van der Waals surface area contributed by atoms with Gasteiger partial charge in [0.1, 0.15) is 12.4 Å². The fourth-order valence-electron chi connectivity index (χ4n) is 0.737. The Morgan fingerprint density at radius 1 is 1.64 bits per heavy atom. The van der Waals surface area contributed by atoms with Crippen molar-refractivity contribution >= 4 is 0 Å². The van der Waals surface area contributed by atoms with E-state index in [2.05, 4.69) is 13.8 Å². The van der Waals surface area contributed by atoms with Crippen LogP contribution in [-0.4, -0.2) is 6.10 Å². The predicted molar refractivity (Wildman–Crippen MR) is 43.3 cm³/mol. The van der Waals surface area contributed by atoms with E-state index in [1.807, 2.05) is 12.1 Å². The van der Waals surface area contributed by atoms with E-state index in [4.69, 9.17) is 9.15 Å². The number of furan rings is 1. The molecule has 0 spiro atoms. The van der Waals surface area contributed by atoms with Crippen molar-refractivity contribution in [1.82, 2.24) is 0 Å². The molecule has 1 atom stereocenters. The maximum atomic E-state index is 5.44. The smallest absolute Gasteiger partial charge is 0.129 e. The molecule has 0 aliphatic rings. The first kappa shape index (κ1) is 8.34. The van der Waals surface area contributed by atoms with Crippen LogP contribution in [0.4, 0.5) is 0 Å². The zero-order valence-electron chi connectivity index (χ0n) is 7.04. The van der Waals surface area contributed by atoms with Gasteiger partial charge in [0.05, 0.1) is 12.4 Å². The minimum absolute atomic E-state index is 0.320. The summed E-state index contributed by atoms with van der Waals surface area (Å²) in [7, 11) is 0. The van der Waals surface area contributed by atoms with Crippen LogP contribution in [0.5, 0.6) is 0 Å². The molecule has 2 heteroatoms. The van der Waals surface area contributed by atoms with Gasteiger partial charge >= 0.3 is 0 Å². The van der Waals surface area contributed by atoms with Gasteiger partial charge in [0.2, 0.25) is 0 Å². The monoisotopic (exact) mass is 154 g/mol. The minimum atomic E-state index is 0.320. The molecule has 1 aromatic heterocycles. The van der Waals surface area contributed by atoms with E-state index in [9.17, 15) is 0 Å². The fourth-order valence-corrected chi connectivity index (χ4v) is 0.737. The van der Waals surface area contributed by atoms with Crippen LogP contribution in [0.3, 0.4) is 0 Å². The zero-order valence-corrected chi connectivity index (χ0v) is 7.04. The predicted octanol–water partition coefficient (Wildman–Crippen LogP) is 2.59. The molecular weight excluding hydrogens is 140 g/mol. The lowest BCUT2D eigenvalue weighted by Gasteiger charge is -2.07. The largest absolute Gasteiger partial charge is 0.467 e. The van der Waals surface area contributed by atoms with Gasteiger partial charge < -0.3 is 9.15 Å². The van der Waals surface area contributed by atoms with Gasteiger partial charge in [0, 0.05) is 0 Å². The van der Waals surface area contributed by atoms with Crippen LogP contribution in [-0.2, 0) is 11.3 Å². The number of hydrogen-bond acceptors (Lipinski definition) is 2. The van der Waals surface area contributed by atoms with Crippen LogP contribution < -0.4 is 0 Å². The summed E-state index contributed by atoms with van der Waals surface area (Å²) in [5.41, 5.74) is 0. The van der Waals surface area contributed by atoms with Gasteiger partial charge in [0.25, 0.3) is 0 Å². The summed E-state index contributed by atoms with van der Waals surface area (Å²) in [5, 5.41) is 0. The molecule has 1 unspecified atom stereocenters. The first-order valence-electron chi connectivity index (χ1n) is 3.97. The van der Waals surface area contributed by atoms with Gasteiger partial charge in [0.15, 0.2) is 0 Å². The quantitative estimate of drug-likeness (QED) is 0.665. The second-order valence-corrected chi connectivity index (χ2v) is 2.61. The first-order valence-corrected chi connectivity index (χ1v) is 3.97. The average molecular weight is 154 g/mol. The lowest BCUT2D eigenvalue weighted by atomic mass is 10.3. The first-order chi connectivity index (χ1) is 5.33. The highest BCUT2D eigenvalue weighted by molar-refractivity contribution is 4.96. The van der Waals surface area contributed by atoms with Crippen LogP contribution in [0, 0.1) is 0 Å². The highest BCUT2D eigenvalue weighted by atomic mass is 16.5. The fraction of sp³-hybridized carbons (Fsp3) is 0.556. The van der Waals surface area contributed by atoms with E-state index in [0.29, 0.717) is 12.7 Å². The minimum Gasteiger partial charge on any atom is -0.467 e. The Hall–Kier alpha value is -0.760. The normalized spacial score (nSPS) is 13.3.